The van der Waals surface area contributed by atoms with Crippen LogP contribution in [0.1, 0.15) is 23.1 Å². The summed E-state index contributed by atoms with van der Waals surface area (Å²) >= 11 is 0. The molecule has 0 spiro atoms. The average molecular weight is 550 g/mol. The van der Waals surface area contributed by atoms with E-state index in [1.54, 1.807) is 4.68 Å². The van der Waals surface area contributed by atoms with Crippen molar-refractivity contribution in [2.24, 2.45) is 7.05 Å². The third-order valence-electron chi connectivity index (χ3n) is 8.07. The van der Waals surface area contributed by atoms with E-state index in [0.29, 0.717) is 13.2 Å². The van der Waals surface area contributed by atoms with Gasteiger partial charge in [-0.15, -0.1) is 0 Å². The number of anilines is 3. The van der Waals surface area contributed by atoms with Crippen LogP contribution in [0.2, 0.25) is 0 Å². The second kappa shape index (κ2) is 10.5. The smallest absolute Gasteiger partial charge is 0.228 e. The molecule has 0 aliphatic carbocycles. The number of hydrogen-bond donors (Lipinski definition) is 0. The molecule has 0 amide bonds. The second-order valence-electron chi connectivity index (χ2n) is 10.7. The van der Waals surface area contributed by atoms with Crippen LogP contribution in [0.3, 0.4) is 0 Å². The summed E-state index contributed by atoms with van der Waals surface area (Å²) in [4.78, 5) is 17.3. The molecule has 0 unspecified atom stereocenters. The molecule has 209 valence electrons. The van der Waals surface area contributed by atoms with Gasteiger partial charge in [0.25, 0.3) is 0 Å². The number of ether oxygens (including phenoxy) is 1. The van der Waals surface area contributed by atoms with Crippen molar-refractivity contribution < 1.29 is 9.26 Å². The molecule has 2 fully saturated rings. The van der Waals surface area contributed by atoms with Crippen LogP contribution in [-0.4, -0.2) is 70.8 Å². The lowest BCUT2D eigenvalue weighted by Crippen LogP contribution is -2.47. The van der Waals surface area contributed by atoms with Gasteiger partial charge >= 0.3 is 0 Å². The number of fused-ring (bicyclic) bond motifs is 1. The van der Waals surface area contributed by atoms with E-state index in [1.165, 1.54) is 5.56 Å². The summed E-state index contributed by atoms with van der Waals surface area (Å²) in [6, 6.07) is 20.2. The minimum absolute atomic E-state index is 0.0511. The largest absolute Gasteiger partial charge is 0.377 e. The van der Waals surface area contributed by atoms with Crippen molar-refractivity contribution in [2.45, 2.75) is 19.9 Å². The molecule has 1 atom stereocenters. The third kappa shape index (κ3) is 4.78. The van der Waals surface area contributed by atoms with E-state index in [4.69, 9.17) is 19.2 Å². The molecule has 2 aromatic carbocycles. The third-order valence-corrected chi connectivity index (χ3v) is 8.07. The van der Waals surface area contributed by atoms with Gasteiger partial charge in [0.1, 0.15) is 11.6 Å². The predicted octanol–water partition coefficient (Wildman–Crippen LogP) is 4.34. The number of nitrogens with zero attached hydrogens (tertiary/aromatic N) is 8. The Morgan fingerprint density at radius 1 is 0.927 bits per heavy atom. The summed E-state index contributed by atoms with van der Waals surface area (Å²) in [6.45, 7) is 9.20. The SMILES string of the molecule is Cc1noc(C)c1-c1ccc2nc(N3CCN(c4[c]cn(C)n4)CC3)nc(N3CCOC[C@@H]3c3ccccc3)c2c1. The van der Waals surface area contributed by atoms with Gasteiger partial charge < -0.3 is 24.0 Å². The van der Waals surface area contributed by atoms with Crippen LogP contribution in [-0.2, 0) is 11.8 Å². The van der Waals surface area contributed by atoms with Crippen LogP contribution in [0, 0.1) is 19.9 Å². The molecule has 7 rings (SSSR count). The molecule has 2 aliphatic rings. The highest BCUT2D eigenvalue weighted by molar-refractivity contribution is 5.94. The number of hydrogen-bond acceptors (Lipinski definition) is 9. The fourth-order valence-electron chi connectivity index (χ4n) is 5.95. The van der Waals surface area contributed by atoms with E-state index >= 15 is 0 Å². The summed E-state index contributed by atoms with van der Waals surface area (Å²) < 4.78 is 13.3. The van der Waals surface area contributed by atoms with Crippen molar-refractivity contribution in [1.29, 1.82) is 0 Å². The topological polar surface area (TPSA) is 88.6 Å². The van der Waals surface area contributed by atoms with E-state index < -0.39 is 0 Å². The Kier molecular flexibility index (Phi) is 6.54. The maximum absolute atomic E-state index is 5.98. The highest BCUT2D eigenvalue weighted by atomic mass is 16.5. The molecular formula is C31H33N8O2. The first-order chi connectivity index (χ1) is 20.0. The van der Waals surface area contributed by atoms with Crippen LogP contribution < -0.4 is 14.7 Å². The monoisotopic (exact) mass is 549 g/mol. The van der Waals surface area contributed by atoms with Gasteiger partial charge in [0.15, 0.2) is 5.82 Å². The summed E-state index contributed by atoms with van der Waals surface area (Å²) in [5.41, 5.74) is 5.07. The molecule has 10 nitrogen and oxygen atoms in total. The van der Waals surface area contributed by atoms with Crippen molar-refractivity contribution in [3.8, 4) is 11.1 Å². The van der Waals surface area contributed by atoms with Gasteiger partial charge in [0.05, 0.1) is 30.5 Å². The van der Waals surface area contributed by atoms with Gasteiger partial charge in [0, 0.05) is 63.0 Å². The first-order valence-corrected chi connectivity index (χ1v) is 14.1. The lowest BCUT2D eigenvalue weighted by Gasteiger charge is -2.38. The van der Waals surface area contributed by atoms with Crippen LogP contribution in [0.25, 0.3) is 22.0 Å². The molecule has 5 aromatic rings. The zero-order valence-corrected chi connectivity index (χ0v) is 23.6. The van der Waals surface area contributed by atoms with E-state index in [1.807, 2.05) is 33.2 Å². The molecule has 5 heterocycles. The van der Waals surface area contributed by atoms with E-state index in [2.05, 4.69) is 73.5 Å². The molecule has 3 aromatic heterocycles. The van der Waals surface area contributed by atoms with Gasteiger partial charge in [-0.1, -0.05) is 41.6 Å². The molecule has 0 N–H and O–H groups in total. The van der Waals surface area contributed by atoms with Gasteiger partial charge in [-0.2, -0.15) is 10.1 Å². The van der Waals surface area contributed by atoms with E-state index in [0.717, 1.165) is 83.8 Å². The Morgan fingerprint density at radius 3 is 2.46 bits per heavy atom. The number of aryl methyl sites for hydroxylation is 3. The van der Waals surface area contributed by atoms with Gasteiger partial charge in [0.2, 0.25) is 5.95 Å². The highest BCUT2D eigenvalue weighted by Gasteiger charge is 2.30. The Balaban J connectivity index is 1.30. The summed E-state index contributed by atoms with van der Waals surface area (Å²) in [5.74, 6) is 3.37. The lowest BCUT2D eigenvalue weighted by molar-refractivity contribution is 0.0939. The van der Waals surface area contributed by atoms with Crippen molar-refractivity contribution in [2.75, 3.05) is 60.6 Å². The molecule has 0 bridgehead atoms. The first kappa shape index (κ1) is 25.5. The molecule has 10 heteroatoms. The molecule has 0 saturated carbocycles. The lowest BCUT2D eigenvalue weighted by atomic mass is 10.0. The van der Waals surface area contributed by atoms with Crippen molar-refractivity contribution in [1.82, 2.24) is 24.9 Å². The maximum atomic E-state index is 5.98. The average Bonchev–Trinajstić information content (AvgIpc) is 3.61. The van der Waals surface area contributed by atoms with Gasteiger partial charge in [-0.05, 0) is 37.1 Å². The molecule has 2 saturated heterocycles. The summed E-state index contributed by atoms with van der Waals surface area (Å²) in [6.07, 6.45) is 1.86. The Hall–Kier alpha value is -4.44. The Bertz CT molecular complexity index is 1650. The molecular weight excluding hydrogens is 516 g/mol. The van der Waals surface area contributed by atoms with Crippen molar-refractivity contribution in [3.05, 3.63) is 77.8 Å². The quantitative estimate of drug-likeness (QED) is 0.318. The number of benzene rings is 2. The van der Waals surface area contributed by atoms with Crippen LogP contribution in [0.15, 0.2) is 59.3 Å². The highest BCUT2D eigenvalue weighted by Crippen LogP contribution is 2.37. The van der Waals surface area contributed by atoms with Crippen molar-refractivity contribution >= 4 is 28.5 Å². The number of rotatable bonds is 5. The van der Waals surface area contributed by atoms with E-state index in [9.17, 15) is 0 Å². The standard InChI is InChI=1S/C31H33N8O2/c1-21-29(22(2)41-35-21)24-9-10-26-25(19-24)30(39-17-18-40-20-27(39)23-7-5-4-6-8-23)33-31(32-26)38-15-13-37(14-16-38)28-11-12-36(3)34-28/h4-10,12,19,27H,13-18,20H2,1-3H3/t27-/m1/s1. The second-order valence-corrected chi connectivity index (χ2v) is 10.7. The molecule has 2 aliphatic heterocycles. The van der Waals surface area contributed by atoms with E-state index in [-0.39, 0.29) is 6.04 Å². The predicted molar refractivity (Wildman–Crippen MR) is 158 cm³/mol. The van der Waals surface area contributed by atoms with Gasteiger partial charge in [-0.3, -0.25) is 4.68 Å². The Labute approximate surface area is 239 Å². The fourth-order valence-corrected chi connectivity index (χ4v) is 5.95. The zero-order valence-electron chi connectivity index (χ0n) is 23.6. The number of aromatic nitrogens is 5. The zero-order chi connectivity index (χ0) is 27.9. The maximum Gasteiger partial charge on any atom is 0.228 e. The minimum atomic E-state index is 0.0511. The molecule has 41 heavy (non-hydrogen) atoms. The summed E-state index contributed by atoms with van der Waals surface area (Å²) in [7, 11) is 1.92. The van der Waals surface area contributed by atoms with Gasteiger partial charge in [-0.25, -0.2) is 4.98 Å². The molecule has 1 radical (unpaired) electrons. The normalized spacial score (nSPS) is 17.9. The minimum Gasteiger partial charge on any atom is -0.377 e. The van der Waals surface area contributed by atoms with Crippen LogP contribution in [0.5, 0.6) is 0 Å². The van der Waals surface area contributed by atoms with Crippen LogP contribution >= 0.6 is 0 Å². The first-order valence-electron chi connectivity index (χ1n) is 14.1. The number of morpholine rings is 1. The summed E-state index contributed by atoms with van der Waals surface area (Å²) in [5, 5.41) is 9.73. The van der Waals surface area contributed by atoms with Crippen molar-refractivity contribution in [3.63, 3.8) is 0 Å². The fraction of sp³-hybridized carbons (Fsp3) is 0.355. The van der Waals surface area contributed by atoms with Crippen LogP contribution in [0.4, 0.5) is 17.6 Å². The number of piperazine rings is 1. The Morgan fingerprint density at radius 2 is 1.73 bits per heavy atom.